The molecule has 39 heavy (non-hydrogen) atoms. The maximum Gasteiger partial charge on any atom is 0.162 e. The molecule has 0 saturated carbocycles. The summed E-state index contributed by atoms with van der Waals surface area (Å²) in [5, 5.41) is 17.1. The van der Waals surface area contributed by atoms with Gasteiger partial charge in [-0.25, -0.2) is 11.3 Å². The van der Waals surface area contributed by atoms with Gasteiger partial charge in [0.05, 0.1) is 5.76 Å². The molecule has 3 aromatic heterocycles. The van der Waals surface area contributed by atoms with Crippen molar-refractivity contribution in [2.75, 3.05) is 0 Å². The standard InChI is InChI=1S/C20H12NS2.C13H24O2.Ir/c1-12-10-17(22-11-12)19-20-15(8-9-21-19)18-14-5-3-2-4-13(14)6-7-16(18)23-20;1-5-10(6-2)12(14)9-13(15)11(7-3)8-4;/h2-9,11H,1H3;9-11,14H,5-8H2,1-4H3;/q-1;;/b;12-9-;. The fraction of sp³-hybridized carbons (Fsp3) is 0.333. The first-order chi connectivity index (χ1) is 18.4. The molecule has 0 spiro atoms. The number of hydrogen-bond donors (Lipinski definition) is 1. The number of benzene rings is 2. The number of carbonyl (C=O) groups excluding carboxylic acids is 1. The van der Waals surface area contributed by atoms with Crippen LogP contribution in [0.1, 0.15) is 58.9 Å². The van der Waals surface area contributed by atoms with E-state index in [2.05, 4.69) is 65.8 Å². The van der Waals surface area contributed by atoms with Crippen molar-refractivity contribution in [1.82, 2.24) is 4.98 Å². The summed E-state index contributed by atoms with van der Waals surface area (Å²) in [4.78, 5) is 17.5. The minimum atomic E-state index is 0. The van der Waals surface area contributed by atoms with Crippen molar-refractivity contribution in [2.45, 2.75) is 60.3 Å². The Morgan fingerprint density at radius 1 is 0.974 bits per heavy atom. The van der Waals surface area contributed by atoms with E-state index in [4.69, 9.17) is 0 Å². The van der Waals surface area contributed by atoms with E-state index in [1.165, 1.54) is 42.6 Å². The zero-order chi connectivity index (χ0) is 27.2. The van der Waals surface area contributed by atoms with Gasteiger partial charge in [-0.1, -0.05) is 69.8 Å². The average Bonchev–Trinajstić information content (AvgIpc) is 3.54. The molecular weight excluding hydrogens is 699 g/mol. The number of hydrogen-bond acceptors (Lipinski definition) is 5. The number of fused-ring (bicyclic) bond motifs is 5. The summed E-state index contributed by atoms with van der Waals surface area (Å²) in [6.45, 7) is 10.2. The molecule has 6 heteroatoms. The van der Waals surface area contributed by atoms with E-state index in [9.17, 15) is 9.90 Å². The van der Waals surface area contributed by atoms with Crippen molar-refractivity contribution in [1.29, 1.82) is 0 Å². The van der Waals surface area contributed by atoms with Gasteiger partial charge in [-0.05, 0) is 59.7 Å². The number of aliphatic hydroxyl groups is 1. The Bertz CT molecular complexity index is 1580. The van der Waals surface area contributed by atoms with Crippen molar-refractivity contribution in [3.63, 3.8) is 0 Å². The number of thiophene rings is 2. The van der Waals surface area contributed by atoms with E-state index in [0.29, 0.717) is 0 Å². The van der Waals surface area contributed by atoms with Crippen LogP contribution in [-0.2, 0) is 24.9 Å². The summed E-state index contributed by atoms with van der Waals surface area (Å²) < 4.78 is 2.58. The largest absolute Gasteiger partial charge is 0.512 e. The zero-order valence-corrected chi connectivity index (χ0v) is 27.2. The maximum atomic E-state index is 11.7. The van der Waals surface area contributed by atoms with Gasteiger partial charge in [0, 0.05) is 59.0 Å². The normalized spacial score (nSPS) is 11.7. The van der Waals surface area contributed by atoms with Gasteiger partial charge in [0.25, 0.3) is 0 Å². The number of carbonyl (C=O) groups is 1. The third-order valence-electron chi connectivity index (χ3n) is 7.24. The number of aromatic nitrogens is 1. The second kappa shape index (κ2) is 14.3. The van der Waals surface area contributed by atoms with Crippen LogP contribution >= 0.6 is 22.7 Å². The first-order valence-electron chi connectivity index (χ1n) is 13.5. The molecule has 3 heterocycles. The molecule has 0 aliphatic heterocycles. The van der Waals surface area contributed by atoms with Gasteiger partial charge >= 0.3 is 0 Å². The molecule has 5 rings (SSSR count). The number of nitrogens with zero attached hydrogens (tertiary/aromatic N) is 1. The van der Waals surface area contributed by atoms with E-state index in [1.54, 1.807) is 11.3 Å². The van der Waals surface area contributed by atoms with E-state index >= 15 is 0 Å². The first kappa shape index (κ1) is 31.2. The van der Waals surface area contributed by atoms with Crippen molar-refractivity contribution in [3.05, 3.63) is 77.5 Å². The van der Waals surface area contributed by atoms with Crippen molar-refractivity contribution in [3.8, 4) is 10.6 Å². The van der Waals surface area contributed by atoms with Gasteiger partial charge < -0.3 is 10.1 Å². The van der Waals surface area contributed by atoms with E-state index in [0.717, 1.165) is 36.3 Å². The van der Waals surface area contributed by atoms with Crippen LogP contribution in [0.4, 0.5) is 0 Å². The topological polar surface area (TPSA) is 50.2 Å². The van der Waals surface area contributed by atoms with Crippen LogP contribution in [0.3, 0.4) is 0 Å². The van der Waals surface area contributed by atoms with E-state index < -0.39 is 0 Å². The number of aliphatic hydroxyl groups excluding tert-OH is 1. The molecule has 1 radical (unpaired) electrons. The molecule has 5 aromatic rings. The van der Waals surface area contributed by atoms with Crippen LogP contribution in [0, 0.1) is 24.8 Å². The van der Waals surface area contributed by atoms with Crippen LogP contribution in [0.5, 0.6) is 0 Å². The van der Waals surface area contributed by atoms with Crippen molar-refractivity contribution in [2.24, 2.45) is 11.8 Å². The van der Waals surface area contributed by atoms with Crippen LogP contribution < -0.4 is 0 Å². The SMILES string of the molecule is CCC(CC)C(=O)/C=C(\O)C(CC)CC.Cc1[c-]c(-c2nccc3c2sc2ccc4ccccc4c23)sc1.[Ir]. The smallest absolute Gasteiger partial charge is 0.162 e. The average molecular weight is 735 g/mol. The molecule has 0 bridgehead atoms. The first-order valence-corrected chi connectivity index (χ1v) is 15.2. The zero-order valence-electron chi connectivity index (χ0n) is 23.2. The van der Waals surface area contributed by atoms with Crippen molar-refractivity contribution < 1.29 is 30.0 Å². The Balaban J connectivity index is 0.000000233. The van der Waals surface area contributed by atoms with E-state index in [-0.39, 0.29) is 43.5 Å². The number of allylic oxidation sites excluding steroid dienone is 2. The number of rotatable bonds is 8. The molecule has 0 aliphatic carbocycles. The van der Waals surface area contributed by atoms with Gasteiger partial charge in [0.1, 0.15) is 0 Å². The van der Waals surface area contributed by atoms with Crippen LogP contribution in [0.2, 0.25) is 0 Å². The van der Waals surface area contributed by atoms with E-state index in [1.807, 2.05) is 45.2 Å². The van der Waals surface area contributed by atoms with Crippen molar-refractivity contribution >= 4 is 59.4 Å². The summed E-state index contributed by atoms with van der Waals surface area (Å²) in [5.74, 6) is 0.547. The number of pyridine rings is 1. The summed E-state index contributed by atoms with van der Waals surface area (Å²) in [6.07, 6.45) is 6.83. The molecule has 2 aromatic carbocycles. The minimum Gasteiger partial charge on any atom is -0.512 e. The molecule has 3 nitrogen and oxygen atoms in total. The van der Waals surface area contributed by atoms with Crippen LogP contribution in [-0.4, -0.2) is 15.9 Å². The maximum absolute atomic E-state index is 11.7. The molecule has 0 fully saturated rings. The fourth-order valence-electron chi connectivity index (χ4n) is 4.91. The molecule has 0 amide bonds. The Morgan fingerprint density at radius 3 is 2.31 bits per heavy atom. The van der Waals surface area contributed by atoms with Gasteiger partial charge in [0.15, 0.2) is 5.78 Å². The fourth-order valence-corrected chi connectivity index (χ4v) is 7.03. The number of aryl methyl sites for hydroxylation is 1. The third-order valence-corrected chi connectivity index (χ3v) is 9.42. The molecule has 207 valence electrons. The van der Waals surface area contributed by atoms with Gasteiger partial charge in [0.2, 0.25) is 0 Å². The number of ketones is 1. The predicted molar refractivity (Wildman–Crippen MR) is 165 cm³/mol. The molecule has 0 unspecified atom stereocenters. The molecule has 0 atom stereocenters. The van der Waals surface area contributed by atoms with Gasteiger partial charge in [-0.2, -0.15) is 11.6 Å². The third kappa shape index (κ3) is 6.86. The quantitative estimate of drug-likeness (QED) is 0.0981. The molecule has 0 saturated heterocycles. The van der Waals surface area contributed by atoms with Crippen LogP contribution in [0.15, 0.2) is 65.9 Å². The predicted octanol–water partition coefficient (Wildman–Crippen LogP) is 10.3. The Labute approximate surface area is 253 Å². The molecular formula is C33H36IrNO2S2-. The molecule has 1 N–H and O–H groups in total. The summed E-state index contributed by atoms with van der Waals surface area (Å²) in [7, 11) is 0. The van der Waals surface area contributed by atoms with Gasteiger partial charge in [-0.15, -0.1) is 16.7 Å². The van der Waals surface area contributed by atoms with Gasteiger partial charge in [-0.3, -0.25) is 4.79 Å². The minimum absolute atomic E-state index is 0. The summed E-state index contributed by atoms with van der Waals surface area (Å²) in [6, 6.07) is 18.6. The summed E-state index contributed by atoms with van der Waals surface area (Å²) in [5.41, 5.74) is 2.24. The second-order valence-electron chi connectivity index (χ2n) is 9.67. The monoisotopic (exact) mass is 735 g/mol. The Hall–Kier alpha value is -2.37. The molecule has 0 aliphatic rings. The Morgan fingerprint density at radius 2 is 1.67 bits per heavy atom. The van der Waals surface area contributed by atoms with Crippen LogP contribution in [0.25, 0.3) is 41.5 Å². The second-order valence-corrected chi connectivity index (χ2v) is 11.6. The Kier molecular flexibility index (Phi) is 11.4. The summed E-state index contributed by atoms with van der Waals surface area (Å²) >= 11 is 3.55.